The number of amides is 1. The number of aliphatic hydroxyl groups is 1. The zero-order chi connectivity index (χ0) is 17.1. The predicted molar refractivity (Wildman–Crippen MR) is 91.7 cm³/mol. The van der Waals surface area contributed by atoms with Crippen LogP contribution in [0.5, 0.6) is 0 Å². The number of aryl methyl sites for hydroxylation is 2. The summed E-state index contributed by atoms with van der Waals surface area (Å²) in [7, 11) is 1.79. The maximum absolute atomic E-state index is 12.5. The van der Waals surface area contributed by atoms with Gasteiger partial charge in [0.1, 0.15) is 0 Å². The Morgan fingerprint density at radius 1 is 1.33 bits per heavy atom. The van der Waals surface area contributed by atoms with Crippen LogP contribution < -0.4 is 5.32 Å². The van der Waals surface area contributed by atoms with Crippen molar-refractivity contribution in [3.63, 3.8) is 0 Å². The van der Waals surface area contributed by atoms with Crippen molar-refractivity contribution in [1.82, 2.24) is 20.1 Å². The first-order valence-corrected chi connectivity index (χ1v) is 7.84. The summed E-state index contributed by atoms with van der Waals surface area (Å²) in [5, 5.41) is 17.8. The average Bonchev–Trinajstić information content (AvgIpc) is 2.94. The highest BCUT2D eigenvalue weighted by molar-refractivity contribution is 6.05. The predicted octanol–water partition coefficient (Wildman–Crippen LogP) is 1.61. The molecule has 0 radical (unpaired) electrons. The van der Waals surface area contributed by atoms with Crippen molar-refractivity contribution in [3.8, 4) is 0 Å². The summed E-state index contributed by atoms with van der Waals surface area (Å²) in [6.45, 7) is 2.03. The van der Waals surface area contributed by atoms with Gasteiger partial charge in [-0.1, -0.05) is 30.3 Å². The zero-order valence-electron chi connectivity index (χ0n) is 13.7. The van der Waals surface area contributed by atoms with Crippen LogP contribution >= 0.6 is 0 Å². The molecule has 3 aromatic rings. The Labute approximate surface area is 140 Å². The number of benzene rings is 1. The van der Waals surface area contributed by atoms with Crippen LogP contribution in [0.25, 0.3) is 11.0 Å². The average molecular weight is 324 g/mol. The van der Waals surface area contributed by atoms with E-state index >= 15 is 0 Å². The van der Waals surface area contributed by atoms with E-state index in [1.807, 2.05) is 37.3 Å². The Morgan fingerprint density at radius 3 is 2.83 bits per heavy atom. The lowest BCUT2D eigenvalue weighted by Crippen LogP contribution is -2.33. The Morgan fingerprint density at radius 2 is 2.08 bits per heavy atom. The molecule has 1 unspecified atom stereocenters. The van der Waals surface area contributed by atoms with Crippen LogP contribution in [0.3, 0.4) is 0 Å². The van der Waals surface area contributed by atoms with Crippen LogP contribution in [0.1, 0.15) is 21.6 Å². The molecule has 0 aliphatic carbocycles. The lowest BCUT2D eigenvalue weighted by molar-refractivity contribution is 0.0917. The molecule has 1 aromatic carbocycles. The van der Waals surface area contributed by atoms with Crippen molar-refractivity contribution in [1.29, 1.82) is 0 Å². The fraction of sp³-hybridized carbons (Fsp3) is 0.278. The molecule has 0 spiro atoms. The monoisotopic (exact) mass is 324 g/mol. The highest BCUT2D eigenvalue weighted by Gasteiger charge is 2.16. The van der Waals surface area contributed by atoms with Gasteiger partial charge >= 0.3 is 0 Å². The number of nitrogens with zero attached hydrogens (tertiary/aromatic N) is 3. The molecule has 0 bridgehead atoms. The maximum atomic E-state index is 12.5. The molecule has 0 fully saturated rings. The first-order chi connectivity index (χ1) is 11.5. The lowest BCUT2D eigenvalue weighted by Gasteiger charge is -2.12. The van der Waals surface area contributed by atoms with E-state index < -0.39 is 6.10 Å². The molecule has 0 saturated carbocycles. The van der Waals surface area contributed by atoms with Crippen molar-refractivity contribution in [3.05, 3.63) is 59.4 Å². The second-order valence-corrected chi connectivity index (χ2v) is 5.87. The molecule has 2 aromatic heterocycles. The van der Waals surface area contributed by atoms with Gasteiger partial charge < -0.3 is 10.4 Å². The molecule has 124 valence electrons. The van der Waals surface area contributed by atoms with Crippen LogP contribution in [-0.2, 0) is 13.5 Å². The lowest BCUT2D eigenvalue weighted by atomic mass is 10.1. The Bertz CT molecular complexity index is 858. The SMILES string of the molecule is Cc1cc(C(=O)NCC(O)Cc2ccccc2)c2cnn(C)c2n1. The largest absolute Gasteiger partial charge is 0.391 e. The number of carbonyl (C=O) groups is 1. The Balaban J connectivity index is 1.69. The summed E-state index contributed by atoms with van der Waals surface area (Å²) in [6.07, 6.45) is 1.50. The Hall–Kier alpha value is -2.73. The van der Waals surface area contributed by atoms with Crippen LogP contribution in [0.4, 0.5) is 0 Å². The van der Waals surface area contributed by atoms with E-state index in [9.17, 15) is 9.90 Å². The minimum Gasteiger partial charge on any atom is -0.391 e. The van der Waals surface area contributed by atoms with Crippen molar-refractivity contribution < 1.29 is 9.90 Å². The normalized spacial score (nSPS) is 12.3. The molecule has 2 heterocycles. The van der Waals surface area contributed by atoms with Gasteiger partial charge in [0.05, 0.1) is 23.3 Å². The van der Waals surface area contributed by atoms with E-state index in [4.69, 9.17) is 0 Å². The summed E-state index contributed by atoms with van der Waals surface area (Å²) in [5.74, 6) is -0.231. The van der Waals surface area contributed by atoms with Crippen molar-refractivity contribution in [2.24, 2.45) is 7.05 Å². The minimum absolute atomic E-state index is 0.191. The van der Waals surface area contributed by atoms with E-state index in [0.29, 0.717) is 23.0 Å². The molecule has 6 heteroatoms. The third kappa shape index (κ3) is 3.44. The number of aromatic nitrogens is 3. The number of aliphatic hydroxyl groups excluding tert-OH is 1. The summed E-state index contributed by atoms with van der Waals surface area (Å²) in [4.78, 5) is 16.9. The summed E-state index contributed by atoms with van der Waals surface area (Å²) in [6, 6.07) is 11.4. The van der Waals surface area contributed by atoms with E-state index in [0.717, 1.165) is 11.3 Å². The molecule has 0 aliphatic rings. The number of nitrogens with one attached hydrogen (secondary N) is 1. The molecule has 3 rings (SSSR count). The first-order valence-electron chi connectivity index (χ1n) is 7.84. The van der Waals surface area contributed by atoms with Crippen LogP contribution in [-0.4, -0.2) is 38.4 Å². The van der Waals surface area contributed by atoms with Gasteiger partial charge in [0.25, 0.3) is 5.91 Å². The topological polar surface area (TPSA) is 80.0 Å². The van der Waals surface area contributed by atoms with Gasteiger partial charge in [-0.2, -0.15) is 5.10 Å². The molecule has 1 amide bonds. The van der Waals surface area contributed by atoms with Crippen LogP contribution in [0.2, 0.25) is 0 Å². The minimum atomic E-state index is -0.635. The quantitative estimate of drug-likeness (QED) is 0.747. The van der Waals surface area contributed by atoms with E-state index in [2.05, 4.69) is 15.4 Å². The number of rotatable bonds is 5. The number of pyridine rings is 1. The fourth-order valence-electron chi connectivity index (χ4n) is 2.69. The van der Waals surface area contributed by atoms with Gasteiger partial charge in [-0.3, -0.25) is 9.48 Å². The van der Waals surface area contributed by atoms with Gasteiger partial charge in [-0.25, -0.2) is 4.98 Å². The molecule has 24 heavy (non-hydrogen) atoms. The van der Waals surface area contributed by atoms with Crippen LogP contribution in [0.15, 0.2) is 42.6 Å². The van der Waals surface area contributed by atoms with E-state index in [1.165, 1.54) is 0 Å². The molecule has 1 atom stereocenters. The molecule has 2 N–H and O–H groups in total. The molecular formula is C18H20N4O2. The third-order valence-corrected chi connectivity index (χ3v) is 3.89. The summed E-state index contributed by atoms with van der Waals surface area (Å²) in [5.41, 5.74) is 2.98. The van der Waals surface area contributed by atoms with E-state index in [-0.39, 0.29) is 12.5 Å². The number of fused-ring (bicyclic) bond motifs is 1. The van der Waals surface area contributed by atoms with Gasteiger partial charge in [-0.15, -0.1) is 0 Å². The van der Waals surface area contributed by atoms with Gasteiger partial charge in [0.2, 0.25) is 0 Å². The molecule has 0 saturated heterocycles. The zero-order valence-corrected chi connectivity index (χ0v) is 13.7. The van der Waals surface area contributed by atoms with Crippen molar-refractivity contribution in [2.75, 3.05) is 6.54 Å². The number of hydrogen-bond donors (Lipinski definition) is 2. The van der Waals surface area contributed by atoms with Gasteiger partial charge in [-0.05, 0) is 18.6 Å². The second kappa shape index (κ2) is 6.80. The van der Waals surface area contributed by atoms with Crippen molar-refractivity contribution >= 4 is 16.9 Å². The Kier molecular flexibility index (Phi) is 4.57. The smallest absolute Gasteiger partial charge is 0.252 e. The molecular weight excluding hydrogens is 304 g/mol. The highest BCUT2D eigenvalue weighted by Crippen LogP contribution is 2.17. The maximum Gasteiger partial charge on any atom is 0.252 e. The van der Waals surface area contributed by atoms with E-state index in [1.54, 1.807) is 24.0 Å². The van der Waals surface area contributed by atoms with Gasteiger partial charge in [0, 0.05) is 25.7 Å². The fourth-order valence-corrected chi connectivity index (χ4v) is 2.69. The van der Waals surface area contributed by atoms with Gasteiger partial charge in [0.15, 0.2) is 5.65 Å². The summed E-state index contributed by atoms with van der Waals surface area (Å²) < 4.78 is 1.64. The molecule has 0 aliphatic heterocycles. The summed E-state index contributed by atoms with van der Waals surface area (Å²) >= 11 is 0. The number of carbonyl (C=O) groups excluding carboxylic acids is 1. The first kappa shape index (κ1) is 16.1. The highest BCUT2D eigenvalue weighted by atomic mass is 16.3. The molecule has 6 nitrogen and oxygen atoms in total. The standard InChI is InChI=1S/C18H20N4O2/c1-12-8-15(16-11-20-22(2)17(16)21-12)18(24)19-10-14(23)9-13-6-4-3-5-7-13/h3-8,11,14,23H,9-10H2,1-2H3,(H,19,24). The van der Waals surface area contributed by atoms with Crippen molar-refractivity contribution in [2.45, 2.75) is 19.4 Å². The van der Waals surface area contributed by atoms with Crippen LogP contribution in [0, 0.1) is 6.92 Å². The third-order valence-electron chi connectivity index (χ3n) is 3.89. The number of hydrogen-bond acceptors (Lipinski definition) is 4. The second-order valence-electron chi connectivity index (χ2n) is 5.87.